The smallest absolute Gasteiger partial charge is 0.261 e. The topological polar surface area (TPSA) is 54.3 Å². The molecule has 136 valence electrons. The highest BCUT2D eigenvalue weighted by Gasteiger charge is 2.23. The second kappa shape index (κ2) is 6.30. The van der Waals surface area contributed by atoms with Crippen molar-refractivity contribution in [3.05, 3.63) is 58.7 Å². The predicted octanol–water partition coefficient (Wildman–Crippen LogP) is 3.62. The summed E-state index contributed by atoms with van der Waals surface area (Å²) in [6.07, 6.45) is 0.972. The average molecular weight is 390 g/mol. The number of aromatic nitrogens is 1. The fraction of sp³-hybridized carbons (Fsp3) is 0.263. The summed E-state index contributed by atoms with van der Waals surface area (Å²) in [5.41, 5.74) is 4.02. The van der Waals surface area contributed by atoms with E-state index in [0.717, 1.165) is 30.4 Å². The Morgan fingerprint density at radius 2 is 1.92 bits per heavy atom. The van der Waals surface area contributed by atoms with E-state index in [1.54, 1.807) is 36.4 Å². The van der Waals surface area contributed by atoms with E-state index in [0.29, 0.717) is 10.7 Å². The minimum atomic E-state index is -3.68. The number of aryl methyl sites for hydroxylation is 1. The molecule has 26 heavy (non-hydrogen) atoms. The predicted molar refractivity (Wildman–Crippen MR) is 105 cm³/mol. The summed E-state index contributed by atoms with van der Waals surface area (Å²) < 4.78 is 30.4. The maximum atomic E-state index is 12.8. The van der Waals surface area contributed by atoms with Gasteiger partial charge in [0.1, 0.15) is 0 Å². The second-order valence-corrected chi connectivity index (χ2v) is 8.89. The van der Waals surface area contributed by atoms with Gasteiger partial charge in [-0.3, -0.25) is 4.72 Å². The van der Waals surface area contributed by atoms with Gasteiger partial charge >= 0.3 is 0 Å². The van der Waals surface area contributed by atoms with Crippen LogP contribution in [0.3, 0.4) is 0 Å². The molecule has 0 radical (unpaired) electrons. The lowest BCUT2D eigenvalue weighted by atomic mass is 10.1. The molecule has 2 heterocycles. The highest BCUT2D eigenvalue weighted by atomic mass is 35.5. The van der Waals surface area contributed by atoms with Crippen LogP contribution in [0.15, 0.2) is 47.4 Å². The molecule has 0 saturated heterocycles. The third-order valence-corrected chi connectivity index (χ3v) is 6.57. The van der Waals surface area contributed by atoms with Crippen LogP contribution in [0, 0.1) is 0 Å². The van der Waals surface area contributed by atoms with E-state index in [1.807, 2.05) is 13.1 Å². The zero-order valence-corrected chi connectivity index (χ0v) is 16.2. The number of rotatable bonds is 3. The number of nitrogens with zero attached hydrogens (tertiary/aromatic N) is 2. The summed E-state index contributed by atoms with van der Waals surface area (Å²) in [6, 6.07) is 12.0. The van der Waals surface area contributed by atoms with E-state index in [-0.39, 0.29) is 4.90 Å². The SMILES string of the molecule is CN1CCc2c(c3cc(S(=O)(=O)Nc4cccc(Cl)c4)ccc3n2C)C1. The van der Waals surface area contributed by atoms with Crippen molar-refractivity contribution in [3.8, 4) is 0 Å². The second-order valence-electron chi connectivity index (χ2n) is 6.77. The maximum absolute atomic E-state index is 12.8. The third kappa shape index (κ3) is 2.98. The van der Waals surface area contributed by atoms with E-state index in [1.165, 1.54) is 11.3 Å². The first-order valence-corrected chi connectivity index (χ1v) is 10.3. The monoisotopic (exact) mass is 389 g/mol. The molecule has 1 aromatic heterocycles. The van der Waals surface area contributed by atoms with Gasteiger partial charge in [0, 0.05) is 48.2 Å². The Bertz CT molecular complexity index is 1110. The molecule has 0 atom stereocenters. The van der Waals surface area contributed by atoms with Gasteiger partial charge in [0.25, 0.3) is 10.0 Å². The summed E-state index contributed by atoms with van der Waals surface area (Å²) in [6.45, 7) is 1.84. The van der Waals surface area contributed by atoms with Crippen molar-refractivity contribution >= 4 is 38.2 Å². The van der Waals surface area contributed by atoms with Crippen molar-refractivity contribution in [2.45, 2.75) is 17.9 Å². The highest BCUT2D eigenvalue weighted by Crippen LogP contribution is 2.32. The van der Waals surface area contributed by atoms with Crippen LogP contribution in [0.4, 0.5) is 5.69 Å². The lowest BCUT2D eigenvalue weighted by Gasteiger charge is -2.23. The van der Waals surface area contributed by atoms with Gasteiger partial charge in [-0.15, -0.1) is 0 Å². The quantitative estimate of drug-likeness (QED) is 0.744. The summed E-state index contributed by atoms with van der Waals surface area (Å²) >= 11 is 5.95. The molecule has 0 bridgehead atoms. The number of halogens is 1. The Balaban J connectivity index is 1.78. The standard InChI is InChI=1S/C19H20ClN3O2S/c1-22-9-8-19-17(12-22)16-11-15(6-7-18(16)23(19)2)26(24,25)21-14-5-3-4-13(20)10-14/h3-7,10-11,21H,8-9,12H2,1-2H3. The number of nitrogens with one attached hydrogen (secondary N) is 1. The molecule has 0 unspecified atom stereocenters. The van der Waals surface area contributed by atoms with Gasteiger partial charge in [-0.2, -0.15) is 0 Å². The minimum Gasteiger partial charge on any atom is -0.347 e. The first kappa shape index (κ1) is 17.4. The van der Waals surface area contributed by atoms with Crippen molar-refractivity contribution in [2.75, 3.05) is 18.3 Å². The molecule has 1 aliphatic rings. The van der Waals surface area contributed by atoms with Gasteiger partial charge in [0.05, 0.1) is 10.6 Å². The molecule has 5 nitrogen and oxygen atoms in total. The molecule has 0 aliphatic carbocycles. The Labute approximate surface area is 158 Å². The Morgan fingerprint density at radius 1 is 1.12 bits per heavy atom. The first-order chi connectivity index (χ1) is 12.3. The van der Waals surface area contributed by atoms with E-state index >= 15 is 0 Å². The van der Waals surface area contributed by atoms with Crippen LogP contribution < -0.4 is 4.72 Å². The number of anilines is 1. The van der Waals surface area contributed by atoms with Crippen molar-refractivity contribution < 1.29 is 8.42 Å². The van der Waals surface area contributed by atoms with Gasteiger partial charge in [-0.25, -0.2) is 8.42 Å². The fourth-order valence-corrected chi connectivity index (χ4v) is 4.89. The van der Waals surface area contributed by atoms with Gasteiger partial charge in [-0.1, -0.05) is 17.7 Å². The van der Waals surface area contributed by atoms with Crippen LogP contribution in [0.2, 0.25) is 5.02 Å². The van der Waals surface area contributed by atoms with E-state index < -0.39 is 10.0 Å². The molecular formula is C19H20ClN3O2S. The van der Waals surface area contributed by atoms with E-state index in [9.17, 15) is 8.42 Å². The van der Waals surface area contributed by atoms with Crippen molar-refractivity contribution in [1.82, 2.24) is 9.47 Å². The summed E-state index contributed by atoms with van der Waals surface area (Å²) in [7, 11) is 0.449. The number of fused-ring (bicyclic) bond motifs is 3. The Morgan fingerprint density at radius 3 is 2.69 bits per heavy atom. The van der Waals surface area contributed by atoms with Gasteiger partial charge in [-0.05, 0) is 49.0 Å². The molecule has 0 amide bonds. The molecule has 1 aliphatic heterocycles. The van der Waals surface area contributed by atoms with Crippen LogP contribution >= 0.6 is 11.6 Å². The third-order valence-electron chi connectivity index (χ3n) is 4.95. The highest BCUT2D eigenvalue weighted by molar-refractivity contribution is 7.92. The molecule has 4 rings (SSSR count). The van der Waals surface area contributed by atoms with Crippen LogP contribution in [-0.2, 0) is 30.0 Å². The van der Waals surface area contributed by atoms with Crippen molar-refractivity contribution in [2.24, 2.45) is 7.05 Å². The average Bonchev–Trinajstić information content (AvgIpc) is 2.86. The molecule has 2 aromatic carbocycles. The summed E-state index contributed by atoms with van der Waals surface area (Å²) in [5.74, 6) is 0. The van der Waals surface area contributed by atoms with Crippen LogP contribution in [0.1, 0.15) is 11.3 Å². The summed E-state index contributed by atoms with van der Waals surface area (Å²) in [4.78, 5) is 2.51. The lowest BCUT2D eigenvalue weighted by molar-refractivity contribution is 0.310. The minimum absolute atomic E-state index is 0.256. The molecule has 7 heteroatoms. The zero-order chi connectivity index (χ0) is 18.5. The van der Waals surface area contributed by atoms with E-state index in [4.69, 9.17) is 11.6 Å². The van der Waals surface area contributed by atoms with Gasteiger partial charge in [0.2, 0.25) is 0 Å². The summed E-state index contributed by atoms with van der Waals surface area (Å²) in [5, 5.41) is 1.49. The van der Waals surface area contributed by atoms with Crippen molar-refractivity contribution in [1.29, 1.82) is 0 Å². The number of benzene rings is 2. The Hall–Kier alpha value is -2.02. The number of hydrogen-bond donors (Lipinski definition) is 1. The van der Waals surface area contributed by atoms with Crippen LogP contribution in [0.25, 0.3) is 10.9 Å². The number of likely N-dealkylation sites (N-methyl/N-ethyl adjacent to an activating group) is 1. The molecule has 3 aromatic rings. The largest absolute Gasteiger partial charge is 0.347 e. The Kier molecular flexibility index (Phi) is 4.22. The maximum Gasteiger partial charge on any atom is 0.261 e. The first-order valence-electron chi connectivity index (χ1n) is 8.42. The molecule has 0 spiro atoms. The van der Waals surface area contributed by atoms with Gasteiger partial charge < -0.3 is 9.47 Å². The molecule has 1 N–H and O–H groups in total. The molecular weight excluding hydrogens is 370 g/mol. The number of sulfonamides is 1. The molecule has 0 fully saturated rings. The number of hydrogen-bond acceptors (Lipinski definition) is 3. The van der Waals surface area contributed by atoms with Crippen LogP contribution in [0.5, 0.6) is 0 Å². The van der Waals surface area contributed by atoms with Crippen molar-refractivity contribution in [3.63, 3.8) is 0 Å². The van der Waals surface area contributed by atoms with Gasteiger partial charge in [0.15, 0.2) is 0 Å². The zero-order valence-electron chi connectivity index (χ0n) is 14.7. The van der Waals surface area contributed by atoms with Crippen LogP contribution in [-0.4, -0.2) is 31.5 Å². The van der Waals surface area contributed by atoms with E-state index in [2.05, 4.69) is 21.2 Å². The lowest BCUT2D eigenvalue weighted by Crippen LogP contribution is -2.26. The fourth-order valence-electron chi connectivity index (χ4n) is 3.63. The normalized spacial score (nSPS) is 15.2. The molecule has 0 saturated carbocycles.